The van der Waals surface area contributed by atoms with Crippen LogP contribution in [0.1, 0.15) is 28.8 Å². The second-order valence-electron chi connectivity index (χ2n) is 5.69. The van der Waals surface area contributed by atoms with E-state index in [0.717, 1.165) is 12.1 Å². The Morgan fingerprint density at radius 3 is 1.70 bits per heavy atom. The fourth-order valence-electron chi connectivity index (χ4n) is 2.80. The highest BCUT2D eigenvalue weighted by Gasteiger charge is 2.20. The lowest BCUT2D eigenvalue weighted by molar-refractivity contribution is 0.452. The van der Waals surface area contributed by atoms with Crippen LogP contribution in [0.3, 0.4) is 0 Å². The Hall–Kier alpha value is -2.42. The molecule has 0 heterocycles. The molecule has 3 N–H and O–H groups in total. The third-order valence-corrected chi connectivity index (χ3v) is 4.07. The first-order valence-corrected chi connectivity index (χ1v) is 7.97. The van der Waals surface area contributed by atoms with Gasteiger partial charge in [0.25, 0.3) is 0 Å². The molecule has 0 radical (unpaired) electrons. The third-order valence-electron chi connectivity index (χ3n) is 4.07. The van der Waals surface area contributed by atoms with Crippen molar-refractivity contribution in [3.63, 3.8) is 0 Å². The van der Waals surface area contributed by atoms with Gasteiger partial charge in [-0.2, -0.15) is 0 Å². The van der Waals surface area contributed by atoms with Crippen LogP contribution in [0.15, 0.2) is 91.0 Å². The minimum absolute atomic E-state index is 0.0683. The number of rotatable bonds is 6. The topological polar surface area (TPSA) is 38.0 Å². The molecule has 0 saturated heterocycles. The lowest BCUT2D eigenvalue weighted by Gasteiger charge is -2.26. The first kappa shape index (κ1) is 15.5. The summed E-state index contributed by atoms with van der Waals surface area (Å²) < 4.78 is 0. The number of hydrogen-bond donors (Lipinski definition) is 2. The van der Waals surface area contributed by atoms with Crippen molar-refractivity contribution in [2.75, 3.05) is 0 Å². The van der Waals surface area contributed by atoms with E-state index in [4.69, 9.17) is 5.73 Å². The molecule has 0 aliphatic rings. The molecule has 23 heavy (non-hydrogen) atoms. The van der Waals surface area contributed by atoms with Crippen molar-refractivity contribution in [3.05, 3.63) is 108 Å². The van der Waals surface area contributed by atoms with Gasteiger partial charge in [-0.15, -0.1) is 0 Å². The monoisotopic (exact) mass is 302 g/mol. The summed E-state index contributed by atoms with van der Waals surface area (Å²) in [5.74, 6) is 0. The molecule has 0 unspecified atom stereocenters. The maximum absolute atomic E-state index is 6.57. The predicted octanol–water partition coefficient (Wildman–Crippen LogP) is 4.22. The number of hydrogen-bond acceptors (Lipinski definition) is 2. The molecule has 0 fully saturated rings. The van der Waals surface area contributed by atoms with Crippen molar-refractivity contribution in [1.82, 2.24) is 5.32 Å². The van der Waals surface area contributed by atoms with Gasteiger partial charge >= 0.3 is 0 Å². The van der Waals surface area contributed by atoms with Crippen LogP contribution in [-0.4, -0.2) is 0 Å². The summed E-state index contributed by atoms with van der Waals surface area (Å²) in [6.45, 7) is 0.793. The summed E-state index contributed by atoms with van der Waals surface area (Å²) in [5.41, 5.74) is 10.2. The van der Waals surface area contributed by atoms with Gasteiger partial charge in [0.05, 0.1) is 6.04 Å². The third kappa shape index (κ3) is 4.07. The maximum Gasteiger partial charge on any atom is 0.0518 e. The van der Waals surface area contributed by atoms with Crippen LogP contribution in [0.2, 0.25) is 0 Å². The average molecular weight is 302 g/mol. The zero-order valence-corrected chi connectivity index (χ0v) is 13.1. The van der Waals surface area contributed by atoms with Gasteiger partial charge in [0.2, 0.25) is 0 Å². The lowest BCUT2D eigenvalue weighted by atomic mass is 9.94. The van der Waals surface area contributed by atoms with E-state index in [1.807, 2.05) is 30.3 Å². The van der Waals surface area contributed by atoms with Crippen LogP contribution in [0.5, 0.6) is 0 Å². The van der Waals surface area contributed by atoms with Gasteiger partial charge in [0.15, 0.2) is 0 Å². The smallest absolute Gasteiger partial charge is 0.0518 e. The Kier molecular flexibility index (Phi) is 5.20. The number of nitrogens with two attached hydrogens (primary N) is 1. The Balaban J connectivity index is 1.82. The van der Waals surface area contributed by atoms with Crippen molar-refractivity contribution in [2.24, 2.45) is 5.73 Å². The van der Waals surface area contributed by atoms with Crippen LogP contribution >= 0.6 is 0 Å². The second kappa shape index (κ2) is 7.73. The minimum Gasteiger partial charge on any atom is -0.322 e. The van der Waals surface area contributed by atoms with E-state index < -0.39 is 0 Å². The number of benzene rings is 3. The quantitative estimate of drug-likeness (QED) is 0.715. The molecule has 0 amide bonds. The molecule has 0 aliphatic carbocycles. The van der Waals surface area contributed by atoms with Crippen LogP contribution in [0.4, 0.5) is 0 Å². The van der Waals surface area contributed by atoms with E-state index in [0.29, 0.717) is 0 Å². The maximum atomic E-state index is 6.57. The van der Waals surface area contributed by atoms with E-state index >= 15 is 0 Å². The molecule has 0 aliphatic heterocycles. The molecule has 0 aromatic heterocycles. The molecule has 3 aromatic rings. The van der Waals surface area contributed by atoms with E-state index in [9.17, 15) is 0 Å². The molecule has 3 aromatic carbocycles. The van der Waals surface area contributed by atoms with Crippen molar-refractivity contribution in [2.45, 2.75) is 18.6 Å². The van der Waals surface area contributed by atoms with Gasteiger partial charge < -0.3 is 11.1 Å². The van der Waals surface area contributed by atoms with Gasteiger partial charge in [-0.25, -0.2) is 0 Å². The second-order valence-corrected chi connectivity index (χ2v) is 5.69. The van der Waals surface area contributed by atoms with Crippen LogP contribution in [0.25, 0.3) is 0 Å². The van der Waals surface area contributed by atoms with Gasteiger partial charge in [0.1, 0.15) is 0 Å². The highest BCUT2D eigenvalue weighted by Crippen LogP contribution is 2.27. The van der Waals surface area contributed by atoms with Gasteiger partial charge in [-0.1, -0.05) is 91.0 Å². The largest absolute Gasteiger partial charge is 0.322 e. The molecular weight excluding hydrogens is 280 g/mol. The van der Waals surface area contributed by atoms with Crippen LogP contribution in [-0.2, 0) is 6.54 Å². The van der Waals surface area contributed by atoms with Gasteiger partial charge in [-0.3, -0.25) is 0 Å². The molecular formula is C21H22N2. The SMILES string of the molecule is N[C@@H](c1ccccc1)[C@@H](NCc1ccccc1)c1ccccc1. The van der Waals surface area contributed by atoms with Crippen LogP contribution < -0.4 is 11.1 Å². The fourth-order valence-corrected chi connectivity index (χ4v) is 2.80. The van der Waals surface area contributed by atoms with E-state index in [-0.39, 0.29) is 12.1 Å². The van der Waals surface area contributed by atoms with Crippen molar-refractivity contribution >= 4 is 0 Å². The first-order valence-electron chi connectivity index (χ1n) is 7.97. The summed E-state index contributed by atoms with van der Waals surface area (Å²) in [6, 6.07) is 31.1. The molecule has 116 valence electrons. The molecule has 0 bridgehead atoms. The molecule has 2 heteroatoms. The molecule has 0 spiro atoms. The summed E-state index contributed by atoms with van der Waals surface area (Å²) in [4.78, 5) is 0. The van der Waals surface area contributed by atoms with E-state index in [2.05, 4.69) is 66.0 Å². The van der Waals surface area contributed by atoms with Gasteiger partial charge in [-0.05, 0) is 16.7 Å². The molecule has 0 saturated carbocycles. The normalized spacial score (nSPS) is 13.4. The van der Waals surface area contributed by atoms with Crippen molar-refractivity contribution in [3.8, 4) is 0 Å². The highest BCUT2D eigenvalue weighted by atomic mass is 15.0. The zero-order valence-electron chi connectivity index (χ0n) is 13.1. The minimum atomic E-state index is -0.0951. The highest BCUT2D eigenvalue weighted by molar-refractivity contribution is 5.27. The lowest BCUT2D eigenvalue weighted by Crippen LogP contribution is -2.31. The Morgan fingerprint density at radius 1 is 0.652 bits per heavy atom. The molecule has 2 nitrogen and oxygen atoms in total. The van der Waals surface area contributed by atoms with E-state index in [1.165, 1.54) is 11.1 Å². The summed E-state index contributed by atoms with van der Waals surface area (Å²) in [7, 11) is 0. The summed E-state index contributed by atoms with van der Waals surface area (Å²) in [6.07, 6.45) is 0. The van der Waals surface area contributed by atoms with Crippen molar-refractivity contribution in [1.29, 1.82) is 0 Å². The number of nitrogens with one attached hydrogen (secondary N) is 1. The molecule has 3 rings (SSSR count). The van der Waals surface area contributed by atoms with Crippen LogP contribution in [0, 0.1) is 0 Å². The predicted molar refractivity (Wildman–Crippen MR) is 95.8 cm³/mol. The average Bonchev–Trinajstić information content (AvgIpc) is 2.64. The molecule has 2 atom stereocenters. The Labute approximate surface area is 138 Å². The van der Waals surface area contributed by atoms with Crippen molar-refractivity contribution < 1.29 is 0 Å². The Bertz CT molecular complexity index is 696. The fraction of sp³-hybridized carbons (Fsp3) is 0.143. The standard InChI is InChI=1S/C21H22N2/c22-20(18-12-6-2-7-13-18)21(19-14-8-3-9-15-19)23-16-17-10-4-1-5-11-17/h1-15,20-21,23H,16,22H2/t20-,21-/m0/s1. The van der Waals surface area contributed by atoms with E-state index in [1.54, 1.807) is 0 Å². The summed E-state index contributed by atoms with van der Waals surface area (Å²) >= 11 is 0. The zero-order chi connectivity index (χ0) is 15.9. The summed E-state index contributed by atoms with van der Waals surface area (Å²) in [5, 5.41) is 3.63. The Morgan fingerprint density at radius 2 is 1.13 bits per heavy atom. The first-order chi connectivity index (χ1) is 11.3. The van der Waals surface area contributed by atoms with Gasteiger partial charge in [0, 0.05) is 12.6 Å².